The molecule has 0 N–H and O–H groups in total. The Morgan fingerprint density at radius 2 is 1.86 bits per heavy atom. The van der Waals surface area contributed by atoms with Gasteiger partial charge in [-0.25, -0.2) is 0 Å². The number of Topliss-reactive ketones (excluding diaryl/α,β-unsaturated/α-hetero) is 1. The van der Waals surface area contributed by atoms with Gasteiger partial charge in [-0.15, -0.1) is 0 Å². The number of aryl methyl sites for hydroxylation is 1. The van der Waals surface area contributed by atoms with Crippen LogP contribution in [0.2, 0.25) is 5.02 Å². The Morgan fingerprint density at radius 1 is 1.10 bits per heavy atom. The van der Waals surface area contributed by atoms with Gasteiger partial charge in [0, 0.05) is 35.8 Å². The fraction of sp³-hybridized carbons (Fsp3) is 0.278. The normalized spacial score (nSPS) is 13.9. The van der Waals surface area contributed by atoms with Crippen LogP contribution >= 0.6 is 11.6 Å². The van der Waals surface area contributed by atoms with E-state index in [9.17, 15) is 4.79 Å². The summed E-state index contributed by atoms with van der Waals surface area (Å²) in [6.45, 7) is 1.81. The lowest BCUT2D eigenvalue weighted by molar-refractivity contribution is 0.0984. The summed E-state index contributed by atoms with van der Waals surface area (Å²) >= 11 is 5.85. The number of halogens is 1. The molecule has 0 atom stereocenters. The van der Waals surface area contributed by atoms with Gasteiger partial charge in [0.15, 0.2) is 5.78 Å². The summed E-state index contributed by atoms with van der Waals surface area (Å²) in [6, 6.07) is 15.6. The number of nitrogens with zero attached hydrogens (tertiary/aromatic N) is 1. The Morgan fingerprint density at radius 3 is 2.67 bits per heavy atom. The number of hydrogen-bond acceptors (Lipinski definition) is 2. The molecule has 0 aliphatic carbocycles. The second kappa shape index (κ2) is 6.31. The molecule has 108 valence electrons. The van der Waals surface area contributed by atoms with E-state index in [4.69, 9.17) is 11.6 Å². The summed E-state index contributed by atoms with van der Waals surface area (Å²) in [4.78, 5) is 14.6. The van der Waals surface area contributed by atoms with Gasteiger partial charge in [-0.1, -0.05) is 29.8 Å². The van der Waals surface area contributed by atoms with Gasteiger partial charge in [0.05, 0.1) is 0 Å². The third-order valence-corrected chi connectivity index (χ3v) is 4.23. The zero-order valence-electron chi connectivity index (χ0n) is 11.9. The minimum absolute atomic E-state index is 0.176. The molecule has 0 unspecified atom stereocenters. The van der Waals surface area contributed by atoms with Gasteiger partial charge < -0.3 is 4.90 Å². The third-order valence-electron chi connectivity index (χ3n) is 3.98. The van der Waals surface area contributed by atoms with Crippen molar-refractivity contribution in [2.45, 2.75) is 19.3 Å². The highest BCUT2D eigenvalue weighted by atomic mass is 35.5. The van der Waals surface area contributed by atoms with Crippen molar-refractivity contribution >= 4 is 23.1 Å². The molecule has 2 aromatic rings. The van der Waals surface area contributed by atoms with Gasteiger partial charge in [-0.2, -0.15) is 0 Å². The number of hydrogen-bond donors (Lipinski definition) is 0. The maximum Gasteiger partial charge on any atom is 0.164 e. The number of fused-ring (bicyclic) bond motifs is 1. The first-order valence-corrected chi connectivity index (χ1v) is 7.73. The van der Waals surface area contributed by atoms with Gasteiger partial charge in [-0.05, 0) is 48.7 Å². The summed E-state index contributed by atoms with van der Waals surface area (Å²) in [5.74, 6) is 0.176. The molecule has 1 aliphatic rings. The number of para-hydroxylation sites is 1. The monoisotopic (exact) mass is 299 g/mol. The van der Waals surface area contributed by atoms with E-state index in [1.165, 1.54) is 11.3 Å². The Hall–Kier alpha value is -1.80. The lowest BCUT2D eigenvalue weighted by Crippen LogP contribution is -2.31. The van der Waals surface area contributed by atoms with Gasteiger partial charge in [0.25, 0.3) is 0 Å². The molecular formula is C18H18ClNO. The van der Waals surface area contributed by atoms with E-state index in [1.807, 2.05) is 0 Å². The average molecular weight is 300 g/mol. The first kappa shape index (κ1) is 14.2. The molecule has 2 aromatic carbocycles. The fourth-order valence-corrected chi connectivity index (χ4v) is 2.99. The van der Waals surface area contributed by atoms with Crippen molar-refractivity contribution in [2.75, 3.05) is 18.0 Å². The molecule has 0 amide bonds. The Labute approximate surface area is 130 Å². The van der Waals surface area contributed by atoms with Crippen molar-refractivity contribution < 1.29 is 4.79 Å². The molecule has 0 saturated heterocycles. The van der Waals surface area contributed by atoms with Crippen molar-refractivity contribution in [1.82, 2.24) is 0 Å². The summed E-state index contributed by atoms with van der Waals surface area (Å²) in [5, 5.41) is 0.663. The molecule has 21 heavy (non-hydrogen) atoms. The van der Waals surface area contributed by atoms with Gasteiger partial charge in [-0.3, -0.25) is 4.79 Å². The van der Waals surface area contributed by atoms with Gasteiger partial charge >= 0.3 is 0 Å². The van der Waals surface area contributed by atoms with Crippen LogP contribution in [0, 0.1) is 0 Å². The number of ketones is 1. The van der Waals surface area contributed by atoms with Crippen LogP contribution < -0.4 is 4.90 Å². The predicted molar refractivity (Wildman–Crippen MR) is 87.4 cm³/mol. The molecule has 0 radical (unpaired) electrons. The van der Waals surface area contributed by atoms with Crippen LogP contribution in [0.3, 0.4) is 0 Å². The minimum Gasteiger partial charge on any atom is -0.371 e. The molecule has 2 nitrogen and oxygen atoms in total. The second-order valence-corrected chi connectivity index (χ2v) is 5.84. The molecule has 0 aromatic heterocycles. The predicted octanol–water partition coefficient (Wildman–Crippen LogP) is 4.37. The highest BCUT2D eigenvalue weighted by Gasteiger charge is 2.17. The van der Waals surface area contributed by atoms with E-state index in [1.54, 1.807) is 24.3 Å². The van der Waals surface area contributed by atoms with Crippen LogP contribution in [0.4, 0.5) is 5.69 Å². The fourth-order valence-electron chi connectivity index (χ4n) is 2.86. The average Bonchev–Trinajstić information content (AvgIpc) is 2.53. The maximum absolute atomic E-state index is 12.2. The van der Waals surface area contributed by atoms with Crippen molar-refractivity contribution in [3.8, 4) is 0 Å². The van der Waals surface area contributed by atoms with Crippen LogP contribution in [0.15, 0.2) is 48.5 Å². The zero-order valence-corrected chi connectivity index (χ0v) is 12.6. The number of anilines is 1. The molecule has 3 rings (SSSR count). The van der Waals surface area contributed by atoms with E-state index >= 15 is 0 Å². The second-order valence-electron chi connectivity index (χ2n) is 5.40. The molecule has 1 heterocycles. The van der Waals surface area contributed by atoms with E-state index < -0.39 is 0 Å². The quantitative estimate of drug-likeness (QED) is 0.782. The van der Waals surface area contributed by atoms with Crippen LogP contribution in [-0.4, -0.2) is 18.9 Å². The maximum atomic E-state index is 12.2. The minimum atomic E-state index is 0.176. The van der Waals surface area contributed by atoms with E-state index in [0.717, 1.165) is 31.5 Å². The summed E-state index contributed by atoms with van der Waals surface area (Å²) in [5.41, 5.74) is 3.42. The van der Waals surface area contributed by atoms with Crippen molar-refractivity contribution in [3.05, 3.63) is 64.7 Å². The van der Waals surface area contributed by atoms with E-state index in [2.05, 4.69) is 29.2 Å². The van der Waals surface area contributed by atoms with Gasteiger partial charge in [0.2, 0.25) is 0 Å². The Bertz CT molecular complexity index is 636. The van der Waals surface area contributed by atoms with Crippen molar-refractivity contribution in [2.24, 2.45) is 0 Å². The number of carbonyl (C=O) groups is 1. The van der Waals surface area contributed by atoms with Crippen molar-refractivity contribution in [1.29, 1.82) is 0 Å². The zero-order chi connectivity index (χ0) is 14.7. The number of rotatable bonds is 4. The van der Waals surface area contributed by atoms with Crippen molar-refractivity contribution in [3.63, 3.8) is 0 Å². The highest BCUT2D eigenvalue weighted by molar-refractivity contribution is 6.30. The number of carbonyl (C=O) groups excluding carboxylic acids is 1. The largest absolute Gasteiger partial charge is 0.371 e. The lowest BCUT2D eigenvalue weighted by atomic mass is 10.0. The SMILES string of the molecule is O=C(CCN1CCCc2ccccc21)c1ccc(Cl)cc1. The summed E-state index contributed by atoms with van der Waals surface area (Å²) < 4.78 is 0. The van der Waals surface area contributed by atoms with Crippen LogP contribution in [0.25, 0.3) is 0 Å². The molecule has 3 heteroatoms. The van der Waals surface area contributed by atoms with Crippen LogP contribution in [0.5, 0.6) is 0 Å². The van der Waals surface area contributed by atoms with Crippen LogP contribution in [-0.2, 0) is 6.42 Å². The Balaban J connectivity index is 1.66. The standard InChI is InChI=1S/C18H18ClNO/c19-16-9-7-15(8-10-16)18(21)11-13-20-12-3-5-14-4-1-2-6-17(14)20/h1-2,4,6-10H,3,5,11-13H2. The number of benzene rings is 2. The molecular weight excluding hydrogens is 282 g/mol. The molecule has 0 spiro atoms. The lowest BCUT2D eigenvalue weighted by Gasteiger charge is -2.31. The smallest absolute Gasteiger partial charge is 0.164 e. The van der Waals surface area contributed by atoms with E-state index in [0.29, 0.717) is 11.4 Å². The molecule has 1 aliphatic heterocycles. The summed E-state index contributed by atoms with van der Waals surface area (Å²) in [7, 11) is 0. The van der Waals surface area contributed by atoms with E-state index in [-0.39, 0.29) is 5.78 Å². The van der Waals surface area contributed by atoms with Gasteiger partial charge in [0.1, 0.15) is 0 Å². The molecule has 0 saturated carbocycles. The first-order valence-electron chi connectivity index (χ1n) is 7.35. The topological polar surface area (TPSA) is 20.3 Å². The Kier molecular flexibility index (Phi) is 4.26. The molecule has 0 bridgehead atoms. The van der Waals surface area contributed by atoms with Crippen LogP contribution in [0.1, 0.15) is 28.8 Å². The molecule has 0 fully saturated rings. The summed E-state index contributed by atoms with van der Waals surface area (Å²) in [6.07, 6.45) is 2.83. The third kappa shape index (κ3) is 3.27. The highest BCUT2D eigenvalue weighted by Crippen LogP contribution is 2.26. The first-order chi connectivity index (χ1) is 10.2.